The molecule has 1 aliphatic heterocycles. The Balaban J connectivity index is 2.22. The zero-order chi connectivity index (χ0) is 10.7. The van der Waals surface area contributed by atoms with E-state index in [-0.39, 0.29) is 0 Å². The lowest BCUT2D eigenvalue weighted by molar-refractivity contribution is 0.121. The number of rotatable bonds is 3. The van der Waals surface area contributed by atoms with E-state index in [0.717, 1.165) is 44.0 Å². The van der Waals surface area contributed by atoms with E-state index in [4.69, 9.17) is 4.74 Å². The molecule has 84 valence electrons. The first-order valence-electron chi connectivity index (χ1n) is 5.16. The van der Waals surface area contributed by atoms with Crippen molar-refractivity contribution >= 4 is 17.7 Å². The molecule has 0 N–H and O–H groups in total. The number of nitrogens with zero attached hydrogens (tertiary/aromatic N) is 4. The molecule has 0 saturated carbocycles. The van der Waals surface area contributed by atoms with Crippen LogP contribution in [-0.4, -0.2) is 47.3 Å². The molecule has 2 heterocycles. The number of hydrogen-bond acceptors (Lipinski definition) is 5. The molecule has 0 amide bonds. The fraction of sp³-hybridized carbons (Fsp3) is 0.778. The summed E-state index contributed by atoms with van der Waals surface area (Å²) in [5.74, 6) is 0.977. The van der Waals surface area contributed by atoms with Crippen LogP contribution in [0.5, 0.6) is 0 Å². The third-order valence-corrected chi connectivity index (χ3v) is 3.16. The summed E-state index contributed by atoms with van der Waals surface area (Å²) in [6.45, 7) is 6.41. The molecule has 1 aromatic heterocycles. The van der Waals surface area contributed by atoms with Gasteiger partial charge in [0.2, 0.25) is 5.95 Å². The molecule has 0 aliphatic carbocycles. The molecule has 1 saturated heterocycles. The monoisotopic (exact) mass is 228 g/mol. The molecular formula is C9H16N4OS. The van der Waals surface area contributed by atoms with Gasteiger partial charge in [-0.2, -0.15) is 0 Å². The smallest absolute Gasteiger partial charge is 0.228 e. The maximum atomic E-state index is 5.32. The first kappa shape index (κ1) is 10.8. The molecule has 1 aromatic rings. The van der Waals surface area contributed by atoms with Crippen LogP contribution >= 0.6 is 11.8 Å². The summed E-state index contributed by atoms with van der Waals surface area (Å²) in [5, 5.41) is 9.40. The second-order valence-corrected chi connectivity index (χ2v) is 4.10. The summed E-state index contributed by atoms with van der Waals surface area (Å²) in [6.07, 6.45) is 2.03. The van der Waals surface area contributed by atoms with Gasteiger partial charge in [-0.1, -0.05) is 11.8 Å². The first-order chi connectivity index (χ1) is 7.36. The molecule has 0 radical (unpaired) electrons. The number of morpholine rings is 1. The summed E-state index contributed by atoms with van der Waals surface area (Å²) < 4.78 is 7.47. The molecule has 1 fully saturated rings. The second-order valence-electron chi connectivity index (χ2n) is 3.33. The van der Waals surface area contributed by atoms with Gasteiger partial charge in [-0.05, 0) is 13.2 Å². The topological polar surface area (TPSA) is 43.2 Å². The van der Waals surface area contributed by atoms with Gasteiger partial charge < -0.3 is 9.64 Å². The quantitative estimate of drug-likeness (QED) is 0.718. The molecule has 15 heavy (non-hydrogen) atoms. The van der Waals surface area contributed by atoms with Crippen LogP contribution in [0.4, 0.5) is 5.95 Å². The van der Waals surface area contributed by atoms with Gasteiger partial charge in [-0.25, -0.2) is 0 Å². The molecule has 2 rings (SSSR count). The maximum Gasteiger partial charge on any atom is 0.228 e. The fourth-order valence-corrected chi connectivity index (χ4v) is 2.26. The third kappa shape index (κ3) is 2.10. The normalized spacial score (nSPS) is 17.1. The Morgan fingerprint density at radius 3 is 2.67 bits per heavy atom. The lowest BCUT2D eigenvalue weighted by Crippen LogP contribution is -2.38. The zero-order valence-corrected chi connectivity index (χ0v) is 9.96. The molecule has 5 nitrogen and oxygen atoms in total. The Kier molecular flexibility index (Phi) is 3.48. The molecule has 0 atom stereocenters. The molecular weight excluding hydrogens is 212 g/mol. The van der Waals surface area contributed by atoms with Crippen molar-refractivity contribution in [3.63, 3.8) is 0 Å². The average Bonchev–Trinajstić information content (AvgIpc) is 2.72. The van der Waals surface area contributed by atoms with Gasteiger partial charge in [-0.15, -0.1) is 10.2 Å². The first-order valence-corrected chi connectivity index (χ1v) is 6.39. The summed E-state index contributed by atoms with van der Waals surface area (Å²) in [6, 6.07) is 0. The number of aromatic nitrogens is 3. The van der Waals surface area contributed by atoms with Crippen LogP contribution in [0.2, 0.25) is 0 Å². The van der Waals surface area contributed by atoms with Crippen LogP contribution in [0.25, 0.3) is 0 Å². The Hall–Kier alpha value is -0.750. The Morgan fingerprint density at radius 1 is 1.33 bits per heavy atom. The largest absolute Gasteiger partial charge is 0.378 e. The van der Waals surface area contributed by atoms with E-state index in [2.05, 4.69) is 26.6 Å². The van der Waals surface area contributed by atoms with Crippen molar-refractivity contribution in [2.24, 2.45) is 0 Å². The average molecular weight is 228 g/mol. The molecule has 1 aliphatic rings. The Morgan fingerprint density at radius 2 is 2.07 bits per heavy atom. The van der Waals surface area contributed by atoms with Gasteiger partial charge in [0.05, 0.1) is 13.2 Å². The second kappa shape index (κ2) is 4.85. The van der Waals surface area contributed by atoms with Crippen LogP contribution in [0.15, 0.2) is 5.16 Å². The van der Waals surface area contributed by atoms with Crippen molar-refractivity contribution in [3.05, 3.63) is 0 Å². The highest BCUT2D eigenvalue weighted by Crippen LogP contribution is 2.20. The minimum absolute atomic E-state index is 0.783. The Labute approximate surface area is 93.8 Å². The predicted octanol–water partition coefficient (Wildman–Crippen LogP) is 0.856. The molecule has 0 aromatic carbocycles. The number of thioether (sulfide) groups is 1. The number of hydrogen-bond donors (Lipinski definition) is 0. The van der Waals surface area contributed by atoms with Crippen molar-refractivity contribution in [1.29, 1.82) is 0 Å². The predicted molar refractivity (Wildman–Crippen MR) is 60.5 cm³/mol. The highest BCUT2D eigenvalue weighted by atomic mass is 32.2. The summed E-state index contributed by atoms with van der Waals surface area (Å²) in [5.41, 5.74) is 0. The maximum absolute atomic E-state index is 5.32. The lowest BCUT2D eigenvalue weighted by atomic mass is 10.4. The summed E-state index contributed by atoms with van der Waals surface area (Å²) >= 11 is 1.64. The standard InChI is InChI=1S/C9H16N4OS/c1-3-13-8(10-11-9(13)15-2)12-4-6-14-7-5-12/h3-7H2,1-2H3. The van der Waals surface area contributed by atoms with E-state index < -0.39 is 0 Å². The molecule has 6 heteroatoms. The van der Waals surface area contributed by atoms with Gasteiger partial charge in [-0.3, -0.25) is 4.57 Å². The highest BCUT2D eigenvalue weighted by Gasteiger charge is 2.18. The van der Waals surface area contributed by atoms with Crippen molar-refractivity contribution in [3.8, 4) is 0 Å². The van der Waals surface area contributed by atoms with Crippen LogP contribution in [0.1, 0.15) is 6.92 Å². The minimum Gasteiger partial charge on any atom is -0.378 e. The van der Waals surface area contributed by atoms with Crippen LogP contribution in [0.3, 0.4) is 0 Å². The lowest BCUT2D eigenvalue weighted by Gasteiger charge is -2.27. The van der Waals surface area contributed by atoms with Crippen molar-refractivity contribution in [2.75, 3.05) is 37.5 Å². The van der Waals surface area contributed by atoms with E-state index in [1.165, 1.54) is 0 Å². The summed E-state index contributed by atoms with van der Waals surface area (Å²) in [7, 11) is 0. The van der Waals surface area contributed by atoms with Crippen molar-refractivity contribution in [1.82, 2.24) is 14.8 Å². The molecule has 0 unspecified atom stereocenters. The van der Waals surface area contributed by atoms with E-state index >= 15 is 0 Å². The fourth-order valence-electron chi connectivity index (χ4n) is 1.71. The van der Waals surface area contributed by atoms with Crippen LogP contribution < -0.4 is 4.90 Å². The van der Waals surface area contributed by atoms with E-state index in [9.17, 15) is 0 Å². The van der Waals surface area contributed by atoms with Crippen LogP contribution in [-0.2, 0) is 11.3 Å². The van der Waals surface area contributed by atoms with Gasteiger partial charge >= 0.3 is 0 Å². The van der Waals surface area contributed by atoms with E-state index in [0.29, 0.717) is 0 Å². The minimum atomic E-state index is 0.783. The van der Waals surface area contributed by atoms with Gasteiger partial charge in [0, 0.05) is 19.6 Å². The van der Waals surface area contributed by atoms with E-state index in [1.807, 2.05) is 6.26 Å². The van der Waals surface area contributed by atoms with E-state index in [1.54, 1.807) is 11.8 Å². The highest BCUT2D eigenvalue weighted by molar-refractivity contribution is 7.98. The number of ether oxygens (including phenoxy) is 1. The van der Waals surface area contributed by atoms with Crippen LogP contribution in [0, 0.1) is 0 Å². The molecule has 0 spiro atoms. The van der Waals surface area contributed by atoms with Gasteiger partial charge in [0.15, 0.2) is 5.16 Å². The van der Waals surface area contributed by atoms with Gasteiger partial charge in [0.1, 0.15) is 0 Å². The Bertz CT molecular complexity index is 322. The SMILES string of the molecule is CCn1c(SC)nnc1N1CCOCC1. The van der Waals surface area contributed by atoms with Crippen molar-refractivity contribution in [2.45, 2.75) is 18.6 Å². The molecule has 0 bridgehead atoms. The summed E-state index contributed by atoms with van der Waals surface area (Å²) in [4.78, 5) is 2.24. The third-order valence-electron chi connectivity index (χ3n) is 2.49. The van der Waals surface area contributed by atoms with Gasteiger partial charge in [0.25, 0.3) is 0 Å². The van der Waals surface area contributed by atoms with Crippen molar-refractivity contribution < 1.29 is 4.74 Å². The number of anilines is 1. The zero-order valence-electron chi connectivity index (χ0n) is 9.14.